The number of allylic oxidation sites excluding steroid dienone is 1. The first-order chi connectivity index (χ1) is 16.4. The first kappa shape index (κ1) is 25.5. The van der Waals surface area contributed by atoms with Gasteiger partial charge < -0.3 is 14.6 Å². The molecule has 0 aromatic carbocycles. The summed E-state index contributed by atoms with van der Waals surface area (Å²) in [4.78, 5) is 25.7. The third-order valence-electron chi connectivity index (χ3n) is 13.6. The van der Waals surface area contributed by atoms with Crippen LogP contribution >= 0.6 is 0 Å². The van der Waals surface area contributed by atoms with Crippen LogP contribution in [0.25, 0.3) is 0 Å². The van der Waals surface area contributed by atoms with Crippen molar-refractivity contribution in [3.8, 4) is 0 Å². The number of fused-ring (bicyclic) bond motifs is 7. The van der Waals surface area contributed by atoms with Crippen LogP contribution in [0.5, 0.6) is 0 Å². The van der Waals surface area contributed by atoms with Gasteiger partial charge in [0.25, 0.3) is 0 Å². The summed E-state index contributed by atoms with van der Waals surface area (Å²) in [6.07, 6.45) is 10.7. The molecule has 5 aliphatic rings. The molecule has 1 N–H and O–H groups in total. The van der Waals surface area contributed by atoms with Crippen LogP contribution < -0.4 is 0 Å². The number of carbonyl (C=O) groups excluding carboxylic acids is 2. The minimum Gasteiger partial charge on any atom is -0.469 e. The molecule has 0 spiro atoms. The lowest BCUT2D eigenvalue weighted by Gasteiger charge is -2.72. The second kappa shape index (κ2) is 7.92. The molecular weight excluding hydrogens is 436 g/mol. The van der Waals surface area contributed by atoms with E-state index in [-0.39, 0.29) is 33.5 Å². The van der Waals surface area contributed by atoms with Gasteiger partial charge in [0.15, 0.2) is 0 Å². The van der Waals surface area contributed by atoms with Crippen molar-refractivity contribution in [3.05, 3.63) is 12.2 Å². The predicted molar refractivity (Wildman–Crippen MR) is 137 cm³/mol. The number of esters is 1. The molecule has 4 nitrogen and oxygen atoms in total. The molecule has 5 rings (SSSR count). The summed E-state index contributed by atoms with van der Waals surface area (Å²) in [5.74, 6) is 2.00. The van der Waals surface area contributed by atoms with Crippen LogP contribution in [0.3, 0.4) is 0 Å². The monoisotopic (exact) mass is 484 g/mol. The highest BCUT2D eigenvalue weighted by Crippen LogP contribution is 2.77. The highest BCUT2D eigenvalue weighted by Gasteiger charge is 2.72. The molecule has 0 radical (unpaired) electrons. The Labute approximate surface area is 212 Å². The summed E-state index contributed by atoms with van der Waals surface area (Å²) in [5, 5.41) is 10.9. The van der Waals surface area contributed by atoms with Crippen LogP contribution in [0, 0.1) is 56.7 Å². The van der Waals surface area contributed by atoms with Crippen molar-refractivity contribution in [2.45, 2.75) is 105 Å². The summed E-state index contributed by atoms with van der Waals surface area (Å²) in [5.41, 5.74) is 0.620. The van der Waals surface area contributed by atoms with E-state index >= 15 is 0 Å². The molecular formula is C31H48O4. The molecule has 196 valence electrons. The Balaban J connectivity index is 1.57. The van der Waals surface area contributed by atoms with Crippen LogP contribution in [0.2, 0.25) is 0 Å². The summed E-state index contributed by atoms with van der Waals surface area (Å²) >= 11 is 0. The minimum absolute atomic E-state index is 0.0132. The molecule has 5 aliphatic carbocycles. The molecule has 0 bridgehead atoms. The molecule has 0 aromatic rings. The van der Waals surface area contributed by atoms with Crippen molar-refractivity contribution in [1.82, 2.24) is 0 Å². The first-order valence-corrected chi connectivity index (χ1v) is 14.2. The number of rotatable bonds is 3. The van der Waals surface area contributed by atoms with E-state index in [4.69, 9.17) is 4.74 Å². The number of carbonyl (C=O) groups is 2. The van der Waals surface area contributed by atoms with E-state index in [0.717, 1.165) is 70.5 Å². The lowest BCUT2D eigenvalue weighted by Crippen LogP contribution is -2.67. The van der Waals surface area contributed by atoms with Crippen molar-refractivity contribution < 1.29 is 19.4 Å². The molecule has 35 heavy (non-hydrogen) atoms. The molecule has 0 heterocycles. The standard InChI is InChI=1S/C31H48O4/c1-19(2)20-10-15-31(26(34)35-7)17-16-29(5)21(25(20)31)8-9-23-27(3)13-12-24(33)28(4,18-32)22(27)11-14-30(23,29)6/h18,20-25,33H,1,8-17H2,2-7H3/t20-,21?,22+,23+,24?,25+,27-,28-,29+,30+,31-/m0/s1. The Morgan fingerprint density at radius 3 is 2.26 bits per heavy atom. The number of aliphatic hydroxyl groups is 1. The highest BCUT2D eigenvalue weighted by atomic mass is 16.5. The third kappa shape index (κ3) is 2.95. The molecule has 0 amide bonds. The number of aldehydes is 1. The van der Waals surface area contributed by atoms with Crippen molar-refractivity contribution in [3.63, 3.8) is 0 Å². The molecule has 5 fully saturated rings. The lowest BCUT2D eigenvalue weighted by atomic mass is 9.32. The Hall–Kier alpha value is -1.16. The van der Waals surface area contributed by atoms with E-state index in [9.17, 15) is 14.7 Å². The van der Waals surface area contributed by atoms with E-state index in [2.05, 4.69) is 34.3 Å². The fourth-order valence-electron chi connectivity index (χ4n) is 11.6. The SMILES string of the molecule is C=C(C)[C@@H]1CC[C@]2(C(=O)OC)CC[C@]3(C)C(CC[C@@H]4[C@@]5(C)CCC(O)[C@@](C)(C=O)[C@@H]5CC[C@]43C)[C@@H]12. The summed E-state index contributed by atoms with van der Waals surface area (Å²) < 4.78 is 5.47. The average molecular weight is 485 g/mol. The quantitative estimate of drug-likeness (QED) is 0.288. The van der Waals surface area contributed by atoms with E-state index < -0.39 is 11.5 Å². The van der Waals surface area contributed by atoms with Crippen LogP contribution in [0.1, 0.15) is 98.8 Å². The zero-order valence-corrected chi connectivity index (χ0v) is 23.0. The zero-order chi connectivity index (χ0) is 25.6. The number of hydrogen-bond donors (Lipinski definition) is 1. The number of ether oxygens (including phenoxy) is 1. The smallest absolute Gasteiger partial charge is 0.312 e. The van der Waals surface area contributed by atoms with Gasteiger partial charge in [0, 0.05) is 0 Å². The van der Waals surface area contributed by atoms with Crippen molar-refractivity contribution in [2.24, 2.45) is 56.7 Å². The van der Waals surface area contributed by atoms with Crippen LogP contribution in [-0.2, 0) is 14.3 Å². The van der Waals surface area contributed by atoms with Gasteiger partial charge in [-0.1, -0.05) is 39.8 Å². The van der Waals surface area contributed by atoms with E-state index in [1.807, 2.05) is 6.92 Å². The Morgan fingerprint density at radius 2 is 1.63 bits per heavy atom. The van der Waals surface area contributed by atoms with Crippen molar-refractivity contribution in [1.29, 1.82) is 0 Å². The number of methoxy groups -OCH3 is 1. The molecule has 0 aromatic heterocycles. The van der Waals surface area contributed by atoms with Gasteiger partial charge in [-0.2, -0.15) is 0 Å². The fraction of sp³-hybridized carbons (Fsp3) is 0.871. The Bertz CT molecular complexity index is 927. The Kier molecular flexibility index (Phi) is 5.77. The van der Waals surface area contributed by atoms with E-state index in [0.29, 0.717) is 23.7 Å². The molecule has 2 unspecified atom stereocenters. The Morgan fingerprint density at radius 1 is 0.914 bits per heavy atom. The van der Waals surface area contributed by atoms with Gasteiger partial charge in [-0.3, -0.25) is 4.79 Å². The molecule has 11 atom stereocenters. The highest BCUT2D eigenvalue weighted by molar-refractivity contribution is 5.78. The van der Waals surface area contributed by atoms with Gasteiger partial charge in [-0.15, -0.1) is 0 Å². The molecule has 0 saturated heterocycles. The maximum absolute atomic E-state index is 13.3. The first-order valence-electron chi connectivity index (χ1n) is 14.2. The predicted octanol–water partition coefficient (Wildman–Crippen LogP) is 6.36. The van der Waals surface area contributed by atoms with Gasteiger partial charge in [0.1, 0.15) is 6.29 Å². The number of hydrogen-bond acceptors (Lipinski definition) is 4. The largest absolute Gasteiger partial charge is 0.469 e. The second-order valence-corrected chi connectivity index (χ2v) is 14.4. The number of aliphatic hydroxyl groups excluding tert-OH is 1. The molecule has 5 saturated carbocycles. The van der Waals surface area contributed by atoms with Crippen molar-refractivity contribution in [2.75, 3.05) is 7.11 Å². The topological polar surface area (TPSA) is 63.6 Å². The zero-order valence-electron chi connectivity index (χ0n) is 23.0. The maximum Gasteiger partial charge on any atom is 0.312 e. The van der Waals surface area contributed by atoms with Crippen LogP contribution in [0.15, 0.2) is 12.2 Å². The average Bonchev–Trinajstić information content (AvgIpc) is 3.23. The maximum atomic E-state index is 13.3. The molecule has 0 aliphatic heterocycles. The fourth-order valence-corrected chi connectivity index (χ4v) is 11.6. The third-order valence-corrected chi connectivity index (χ3v) is 13.6. The summed E-state index contributed by atoms with van der Waals surface area (Å²) in [6, 6.07) is 0. The van der Waals surface area contributed by atoms with Crippen LogP contribution in [0.4, 0.5) is 0 Å². The van der Waals surface area contributed by atoms with Gasteiger partial charge in [0.05, 0.1) is 24.0 Å². The van der Waals surface area contributed by atoms with Crippen LogP contribution in [-0.4, -0.2) is 30.6 Å². The second-order valence-electron chi connectivity index (χ2n) is 14.4. The van der Waals surface area contributed by atoms with Gasteiger partial charge in [-0.05, 0) is 117 Å². The van der Waals surface area contributed by atoms with Gasteiger partial charge in [0.2, 0.25) is 0 Å². The van der Waals surface area contributed by atoms with E-state index in [1.54, 1.807) is 7.11 Å². The van der Waals surface area contributed by atoms with Gasteiger partial charge in [-0.25, -0.2) is 0 Å². The lowest BCUT2D eigenvalue weighted by molar-refractivity contribution is -0.246. The summed E-state index contributed by atoms with van der Waals surface area (Å²) in [6.45, 7) is 16.1. The normalized spacial score (nSPS) is 55.1. The summed E-state index contributed by atoms with van der Waals surface area (Å²) in [7, 11) is 1.57. The minimum atomic E-state index is -0.644. The van der Waals surface area contributed by atoms with Crippen molar-refractivity contribution >= 4 is 12.3 Å². The molecule has 4 heteroatoms. The van der Waals surface area contributed by atoms with Gasteiger partial charge >= 0.3 is 5.97 Å². The van der Waals surface area contributed by atoms with E-state index in [1.165, 1.54) is 5.57 Å².